The molecule has 5 nitrogen and oxygen atoms in total. The summed E-state index contributed by atoms with van der Waals surface area (Å²) in [4.78, 5) is 4.33. The van der Waals surface area contributed by atoms with Crippen molar-refractivity contribution in [3.8, 4) is 6.07 Å². The van der Waals surface area contributed by atoms with Gasteiger partial charge < -0.3 is 5.32 Å². The van der Waals surface area contributed by atoms with Crippen molar-refractivity contribution < 1.29 is 8.42 Å². The van der Waals surface area contributed by atoms with Gasteiger partial charge in [0.15, 0.2) is 9.84 Å². The first-order valence-corrected chi connectivity index (χ1v) is 7.31. The molecule has 2 aromatic rings. The molecule has 0 aliphatic heterocycles. The molecule has 19 heavy (non-hydrogen) atoms. The number of nitrogens with one attached hydrogen (secondary N) is 1. The Labute approximate surface area is 111 Å². The van der Waals surface area contributed by atoms with E-state index in [-0.39, 0.29) is 4.90 Å². The van der Waals surface area contributed by atoms with Gasteiger partial charge in [0.05, 0.1) is 16.5 Å². The maximum absolute atomic E-state index is 11.3. The lowest BCUT2D eigenvalue weighted by Crippen LogP contribution is -1.98. The predicted octanol–water partition coefficient (Wildman–Crippen LogP) is 2.10. The lowest BCUT2D eigenvalue weighted by atomic mass is 10.2. The Morgan fingerprint density at radius 3 is 2.47 bits per heavy atom. The van der Waals surface area contributed by atoms with Gasteiger partial charge in [-0.15, -0.1) is 0 Å². The SMILES string of the molecule is CS(=O)(=O)c1ccc(Nc2cc(C#N)ccn2)cc1. The van der Waals surface area contributed by atoms with Crippen LogP contribution in [0.3, 0.4) is 0 Å². The maximum atomic E-state index is 11.3. The molecule has 0 fully saturated rings. The second kappa shape index (κ2) is 5.08. The van der Waals surface area contributed by atoms with Crippen molar-refractivity contribution >= 4 is 21.3 Å². The zero-order valence-electron chi connectivity index (χ0n) is 10.2. The fourth-order valence-electron chi connectivity index (χ4n) is 1.50. The Bertz CT molecular complexity index is 731. The Balaban J connectivity index is 2.22. The average Bonchev–Trinajstić information content (AvgIpc) is 2.38. The number of sulfone groups is 1. The number of hydrogen-bond acceptors (Lipinski definition) is 5. The number of hydrogen-bond donors (Lipinski definition) is 1. The molecule has 1 aromatic heterocycles. The third kappa shape index (κ3) is 3.30. The van der Waals surface area contributed by atoms with Crippen LogP contribution in [0.1, 0.15) is 5.56 Å². The molecule has 96 valence electrons. The number of aromatic nitrogens is 1. The lowest BCUT2D eigenvalue weighted by molar-refractivity contribution is 0.602. The van der Waals surface area contributed by atoms with Crippen LogP contribution < -0.4 is 5.32 Å². The van der Waals surface area contributed by atoms with Crippen molar-refractivity contribution in [1.29, 1.82) is 5.26 Å². The molecule has 0 saturated heterocycles. The standard InChI is InChI=1S/C13H11N3O2S/c1-19(17,18)12-4-2-11(3-5-12)16-13-8-10(9-14)6-7-15-13/h2-8H,1H3,(H,15,16). The van der Waals surface area contributed by atoms with Gasteiger partial charge in [-0.05, 0) is 36.4 Å². The average molecular weight is 273 g/mol. The van der Waals surface area contributed by atoms with E-state index in [2.05, 4.69) is 10.3 Å². The summed E-state index contributed by atoms with van der Waals surface area (Å²) in [5.74, 6) is 0.533. The minimum absolute atomic E-state index is 0.261. The van der Waals surface area contributed by atoms with Gasteiger partial charge in [0, 0.05) is 18.1 Å². The molecule has 2 rings (SSSR count). The second-order valence-corrected chi connectivity index (χ2v) is 5.98. The quantitative estimate of drug-likeness (QED) is 0.926. The van der Waals surface area contributed by atoms with Crippen LogP contribution in [0.2, 0.25) is 0 Å². The highest BCUT2D eigenvalue weighted by Gasteiger charge is 2.06. The number of pyridine rings is 1. The first-order valence-electron chi connectivity index (χ1n) is 5.42. The van der Waals surface area contributed by atoms with Crippen molar-refractivity contribution in [2.24, 2.45) is 0 Å². The summed E-state index contributed by atoms with van der Waals surface area (Å²) >= 11 is 0. The summed E-state index contributed by atoms with van der Waals surface area (Å²) < 4.78 is 22.6. The fraction of sp³-hybridized carbons (Fsp3) is 0.0769. The Morgan fingerprint density at radius 1 is 1.21 bits per heavy atom. The zero-order valence-corrected chi connectivity index (χ0v) is 11.0. The van der Waals surface area contributed by atoms with E-state index in [1.54, 1.807) is 24.3 Å². The van der Waals surface area contributed by atoms with Gasteiger partial charge in [0.25, 0.3) is 0 Å². The Morgan fingerprint density at radius 2 is 1.89 bits per heavy atom. The van der Waals surface area contributed by atoms with Gasteiger partial charge in [-0.1, -0.05) is 0 Å². The van der Waals surface area contributed by atoms with E-state index in [0.717, 1.165) is 6.26 Å². The molecule has 1 aromatic carbocycles. The van der Waals surface area contributed by atoms with Gasteiger partial charge in [-0.25, -0.2) is 13.4 Å². The summed E-state index contributed by atoms with van der Waals surface area (Å²) in [6, 6.07) is 11.6. The number of anilines is 2. The van der Waals surface area contributed by atoms with Gasteiger partial charge in [0.1, 0.15) is 5.82 Å². The largest absolute Gasteiger partial charge is 0.340 e. The van der Waals surface area contributed by atoms with Crippen molar-refractivity contribution in [1.82, 2.24) is 4.98 Å². The molecule has 0 unspecified atom stereocenters. The first kappa shape index (κ1) is 13.1. The predicted molar refractivity (Wildman–Crippen MR) is 71.8 cm³/mol. The number of rotatable bonds is 3. The highest BCUT2D eigenvalue weighted by atomic mass is 32.2. The van der Waals surface area contributed by atoms with Crippen LogP contribution in [0, 0.1) is 11.3 Å². The van der Waals surface area contributed by atoms with Crippen LogP contribution in [0.4, 0.5) is 11.5 Å². The van der Waals surface area contributed by atoms with E-state index >= 15 is 0 Å². The zero-order chi connectivity index (χ0) is 13.9. The Kier molecular flexibility index (Phi) is 3.49. The van der Waals surface area contributed by atoms with E-state index < -0.39 is 9.84 Å². The van der Waals surface area contributed by atoms with Gasteiger partial charge in [-0.2, -0.15) is 5.26 Å². The van der Waals surface area contributed by atoms with E-state index in [1.807, 2.05) is 6.07 Å². The van der Waals surface area contributed by atoms with E-state index in [4.69, 9.17) is 5.26 Å². The normalized spacial score (nSPS) is 10.7. The monoisotopic (exact) mass is 273 g/mol. The van der Waals surface area contributed by atoms with E-state index in [0.29, 0.717) is 17.1 Å². The lowest BCUT2D eigenvalue weighted by Gasteiger charge is -2.06. The van der Waals surface area contributed by atoms with E-state index in [1.165, 1.54) is 18.3 Å². The second-order valence-electron chi connectivity index (χ2n) is 3.96. The molecule has 0 aliphatic carbocycles. The van der Waals surface area contributed by atoms with Crippen LogP contribution >= 0.6 is 0 Å². The molecule has 0 spiro atoms. The minimum Gasteiger partial charge on any atom is -0.340 e. The van der Waals surface area contributed by atoms with Crippen LogP contribution in [0.25, 0.3) is 0 Å². The van der Waals surface area contributed by atoms with Crippen LogP contribution in [-0.4, -0.2) is 19.7 Å². The van der Waals surface area contributed by atoms with Gasteiger partial charge in [-0.3, -0.25) is 0 Å². The summed E-state index contributed by atoms with van der Waals surface area (Å²) in [5, 5.41) is 11.8. The van der Waals surface area contributed by atoms with E-state index in [9.17, 15) is 8.42 Å². The van der Waals surface area contributed by atoms with Crippen molar-refractivity contribution in [3.05, 3.63) is 48.2 Å². The fourth-order valence-corrected chi connectivity index (χ4v) is 2.13. The number of nitrogens with zero attached hydrogens (tertiary/aromatic N) is 2. The highest BCUT2D eigenvalue weighted by molar-refractivity contribution is 7.90. The first-order chi connectivity index (χ1) is 8.99. The highest BCUT2D eigenvalue weighted by Crippen LogP contribution is 2.18. The topological polar surface area (TPSA) is 82.9 Å². The molecule has 1 N–H and O–H groups in total. The molecule has 0 aliphatic rings. The Hall–Kier alpha value is -2.39. The molecular weight excluding hydrogens is 262 g/mol. The smallest absolute Gasteiger partial charge is 0.175 e. The number of nitriles is 1. The van der Waals surface area contributed by atoms with Crippen molar-refractivity contribution in [2.75, 3.05) is 11.6 Å². The molecule has 0 atom stereocenters. The molecule has 0 radical (unpaired) electrons. The molecular formula is C13H11N3O2S. The third-order valence-electron chi connectivity index (χ3n) is 2.44. The van der Waals surface area contributed by atoms with Crippen molar-refractivity contribution in [2.45, 2.75) is 4.90 Å². The summed E-state index contributed by atoms with van der Waals surface area (Å²) in [6.45, 7) is 0. The van der Waals surface area contributed by atoms with Crippen LogP contribution in [-0.2, 0) is 9.84 Å². The molecule has 0 bridgehead atoms. The van der Waals surface area contributed by atoms with Gasteiger partial charge >= 0.3 is 0 Å². The van der Waals surface area contributed by atoms with Crippen molar-refractivity contribution in [3.63, 3.8) is 0 Å². The molecule has 6 heteroatoms. The minimum atomic E-state index is -3.19. The van der Waals surface area contributed by atoms with Crippen LogP contribution in [0.5, 0.6) is 0 Å². The molecule has 1 heterocycles. The molecule has 0 amide bonds. The summed E-state index contributed by atoms with van der Waals surface area (Å²) in [7, 11) is -3.19. The third-order valence-corrected chi connectivity index (χ3v) is 3.57. The maximum Gasteiger partial charge on any atom is 0.175 e. The number of benzene rings is 1. The van der Waals surface area contributed by atoms with Crippen LogP contribution in [0.15, 0.2) is 47.5 Å². The molecule has 0 saturated carbocycles. The summed E-state index contributed by atoms with van der Waals surface area (Å²) in [5.41, 5.74) is 1.21. The summed E-state index contributed by atoms with van der Waals surface area (Å²) in [6.07, 6.45) is 2.69. The van der Waals surface area contributed by atoms with Gasteiger partial charge in [0.2, 0.25) is 0 Å².